The summed E-state index contributed by atoms with van der Waals surface area (Å²) in [6.07, 6.45) is 5.27. The fourth-order valence-corrected chi connectivity index (χ4v) is 5.29. The summed E-state index contributed by atoms with van der Waals surface area (Å²) in [5.74, 6) is -0.385. The Morgan fingerprint density at radius 2 is 1.83 bits per heavy atom. The molecule has 2 aliphatic rings. The minimum Gasteiger partial charge on any atom is -0.381 e. The second-order valence-electron chi connectivity index (χ2n) is 8.80. The number of pyridine rings is 1. The largest absolute Gasteiger partial charge is 0.381 e. The number of carbonyl (C=O) groups is 3. The van der Waals surface area contributed by atoms with Gasteiger partial charge in [-0.1, -0.05) is 12.1 Å². The highest BCUT2D eigenvalue weighted by Gasteiger charge is 2.32. The molecule has 2 heterocycles. The van der Waals surface area contributed by atoms with E-state index >= 15 is 0 Å². The van der Waals surface area contributed by atoms with Crippen molar-refractivity contribution in [2.75, 3.05) is 13.7 Å². The normalized spacial score (nSPS) is 19.5. The Morgan fingerprint density at radius 3 is 2.50 bits per heavy atom. The first-order chi connectivity index (χ1) is 17.3. The van der Waals surface area contributed by atoms with Gasteiger partial charge in [0.15, 0.2) is 0 Å². The second kappa shape index (κ2) is 11.0. The summed E-state index contributed by atoms with van der Waals surface area (Å²) in [7, 11) is -2.37. The average Bonchev–Trinajstić information content (AvgIpc) is 3.21. The van der Waals surface area contributed by atoms with Crippen molar-refractivity contribution in [2.24, 2.45) is 0 Å². The molecule has 0 atom stereocenters. The van der Waals surface area contributed by atoms with Crippen LogP contribution in [0.1, 0.15) is 47.3 Å². The van der Waals surface area contributed by atoms with E-state index in [4.69, 9.17) is 4.74 Å². The van der Waals surface area contributed by atoms with Crippen LogP contribution in [0.15, 0.2) is 47.5 Å². The third kappa shape index (κ3) is 6.00. The summed E-state index contributed by atoms with van der Waals surface area (Å²) in [5.41, 5.74) is 1.77. The molecule has 192 valence electrons. The molecule has 1 aliphatic carbocycles. The summed E-state index contributed by atoms with van der Waals surface area (Å²) >= 11 is 0. The number of rotatable bonds is 7. The van der Waals surface area contributed by atoms with E-state index in [9.17, 15) is 22.8 Å². The van der Waals surface area contributed by atoms with Gasteiger partial charge >= 0.3 is 12.1 Å². The maximum absolute atomic E-state index is 12.6. The van der Waals surface area contributed by atoms with Crippen LogP contribution in [0.25, 0.3) is 0 Å². The first-order valence-corrected chi connectivity index (χ1v) is 13.2. The van der Waals surface area contributed by atoms with Gasteiger partial charge in [-0.25, -0.2) is 22.7 Å². The van der Waals surface area contributed by atoms with Crippen LogP contribution in [0.2, 0.25) is 0 Å². The van der Waals surface area contributed by atoms with E-state index in [1.165, 1.54) is 12.1 Å². The Kier molecular flexibility index (Phi) is 7.85. The third-order valence-corrected chi connectivity index (χ3v) is 7.76. The number of nitrogens with zero attached hydrogens (tertiary/aromatic N) is 2. The Labute approximate surface area is 209 Å². The van der Waals surface area contributed by atoms with Crippen LogP contribution >= 0.6 is 0 Å². The molecule has 5 amide bonds. The number of methoxy groups -OCH3 is 1. The van der Waals surface area contributed by atoms with Crippen LogP contribution < -0.4 is 15.4 Å². The molecule has 0 spiro atoms. The van der Waals surface area contributed by atoms with Crippen molar-refractivity contribution in [3.8, 4) is 0 Å². The van der Waals surface area contributed by atoms with Crippen molar-refractivity contribution in [1.29, 1.82) is 0 Å². The summed E-state index contributed by atoms with van der Waals surface area (Å²) in [6, 6.07) is 7.98. The van der Waals surface area contributed by atoms with E-state index in [0.717, 1.165) is 36.1 Å². The molecule has 0 radical (unpaired) electrons. The summed E-state index contributed by atoms with van der Waals surface area (Å²) in [4.78, 5) is 42.2. The Hall–Kier alpha value is -3.51. The van der Waals surface area contributed by atoms with Gasteiger partial charge in [0.05, 0.1) is 28.8 Å². The van der Waals surface area contributed by atoms with Crippen LogP contribution in [0.3, 0.4) is 0 Å². The molecule has 0 unspecified atom stereocenters. The predicted octanol–water partition coefficient (Wildman–Crippen LogP) is 1.94. The lowest BCUT2D eigenvalue weighted by Gasteiger charge is -2.28. The van der Waals surface area contributed by atoms with Crippen molar-refractivity contribution in [2.45, 2.75) is 55.7 Å². The number of sulfonamides is 1. The number of benzene rings is 1. The molecular formula is C24H29N5O6S. The van der Waals surface area contributed by atoms with Gasteiger partial charge in [0, 0.05) is 25.9 Å². The fourth-order valence-electron chi connectivity index (χ4n) is 4.37. The quantitative estimate of drug-likeness (QED) is 0.511. The molecule has 3 N–H and O–H groups in total. The van der Waals surface area contributed by atoms with Crippen molar-refractivity contribution in [3.05, 3.63) is 59.4 Å². The monoisotopic (exact) mass is 515 g/mol. The van der Waals surface area contributed by atoms with Crippen molar-refractivity contribution in [3.63, 3.8) is 0 Å². The molecule has 2 aromatic rings. The summed E-state index contributed by atoms with van der Waals surface area (Å²) in [5, 5.41) is 5.42. The predicted molar refractivity (Wildman–Crippen MR) is 130 cm³/mol. The molecule has 1 aliphatic heterocycles. The van der Waals surface area contributed by atoms with Crippen molar-refractivity contribution < 1.29 is 27.5 Å². The number of imide groups is 1. The Morgan fingerprint density at radius 1 is 1.11 bits per heavy atom. The highest BCUT2D eigenvalue weighted by atomic mass is 32.2. The molecule has 1 fully saturated rings. The van der Waals surface area contributed by atoms with Gasteiger partial charge in [-0.2, -0.15) is 0 Å². The zero-order chi connectivity index (χ0) is 25.7. The molecule has 0 saturated heterocycles. The lowest BCUT2D eigenvalue weighted by Crippen LogP contribution is -2.46. The van der Waals surface area contributed by atoms with Gasteiger partial charge in [0.1, 0.15) is 0 Å². The van der Waals surface area contributed by atoms with Gasteiger partial charge < -0.3 is 15.4 Å². The van der Waals surface area contributed by atoms with Gasteiger partial charge in [0.25, 0.3) is 15.9 Å². The number of nitrogens with one attached hydrogen (secondary N) is 3. The maximum Gasteiger partial charge on any atom is 0.328 e. The minimum atomic E-state index is -4.03. The molecule has 12 heteroatoms. The molecule has 1 aromatic heterocycles. The van der Waals surface area contributed by atoms with E-state index in [1.54, 1.807) is 37.6 Å². The first-order valence-electron chi connectivity index (χ1n) is 11.8. The van der Waals surface area contributed by atoms with E-state index in [1.807, 2.05) is 0 Å². The molecule has 11 nitrogen and oxygen atoms in total. The van der Waals surface area contributed by atoms with Gasteiger partial charge in [-0.15, -0.1) is 0 Å². The molecule has 4 rings (SSSR count). The molecule has 1 saturated carbocycles. The van der Waals surface area contributed by atoms with Crippen LogP contribution in [0.4, 0.5) is 9.59 Å². The highest BCUT2D eigenvalue weighted by molar-refractivity contribution is 7.90. The van der Waals surface area contributed by atoms with Crippen LogP contribution in [-0.4, -0.2) is 62.1 Å². The molecule has 36 heavy (non-hydrogen) atoms. The number of hydrogen-bond acceptors (Lipinski definition) is 7. The topological polar surface area (TPSA) is 147 Å². The van der Waals surface area contributed by atoms with Crippen LogP contribution in [0.5, 0.6) is 0 Å². The first kappa shape index (κ1) is 25.6. The van der Waals surface area contributed by atoms with Crippen LogP contribution in [-0.2, 0) is 27.7 Å². The lowest BCUT2D eigenvalue weighted by molar-refractivity contribution is 0.0636. The molecular weight excluding hydrogens is 486 g/mol. The number of carbonyl (C=O) groups excluding carboxylic acids is 3. The summed E-state index contributed by atoms with van der Waals surface area (Å²) < 4.78 is 32.5. The zero-order valence-corrected chi connectivity index (χ0v) is 20.7. The van der Waals surface area contributed by atoms with E-state index in [0.29, 0.717) is 17.7 Å². The number of ether oxygens (including phenoxy) is 1. The van der Waals surface area contributed by atoms with E-state index in [2.05, 4.69) is 20.3 Å². The van der Waals surface area contributed by atoms with E-state index in [-0.39, 0.29) is 36.0 Å². The number of aromatic nitrogens is 1. The van der Waals surface area contributed by atoms with Crippen molar-refractivity contribution >= 4 is 28.0 Å². The van der Waals surface area contributed by atoms with Gasteiger partial charge in [-0.3, -0.25) is 14.7 Å². The highest BCUT2D eigenvalue weighted by Crippen LogP contribution is 2.21. The van der Waals surface area contributed by atoms with Gasteiger partial charge in [0.2, 0.25) is 0 Å². The zero-order valence-electron chi connectivity index (χ0n) is 19.9. The smallest absolute Gasteiger partial charge is 0.328 e. The SMILES string of the molecule is COC1CCC(NC(=O)NS(=O)(=O)c2ccc(CCNC(=O)N3Cc4ncccc4C3=O)cc2)CC1. The standard InChI is InChI=1S/C24H29N5O6S/c1-35-18-8-6-17(7-9-18)27-23(31)28-36(33,34)19-10-4-16(5-11-19)12-14-26-24(32)29-15-21-20(22(29)30)3-2-13-25-21/h2-5,10-11,13,17-18H,6-9,12,14-15H2,1H3,(H,26,32)(H2,27,28,31). The minimum absolute atomic E-state index is 0.0403. The Balaban J connectivity index is 1.23. The number of fused-ring (bicyclic) bond motifs is 1. The average molecular weight is 516 g/mol. The molecule has 1 aromatic carbocycles. The maximum atomic E-state index is 12.6. The molecule has 0 bridgehead atoms. The second-order valence-corrected chi connectivity index (χ2v) is 10.5. The van der Waals surface area contributed by atoms with E-state index < -0.39 is 22.1 Å². The van der Waals surface area contributed by atoms with Gasteiger partial charge in [-0.05, 0) is 61.9 Å². The number of amides is 5. The third-order valence-electron chi connectivity index (χ3n) is 6.41. The van der Waals surface area contributed by atoms with Crippen LogP contribution in [0, 0.1) is 0 Å². The van der Waals surface area contributed by atoms with Crippen molar-refractivity contribution in [1.82, 2.24) is 25.2 Å². The fraction of sp³-hybridized carbons (Fsp3) is 0.417. The number of hydrogen-bond donors (Lipinski definition) is 3. The lowest BCUT2D eigenvalue weighted by atomic mass is 9.93. The Bertz CT molecular complexity index is 1230. The summed E-state index contributed by atoms with van der Waals surface area (Å²) in [6.45, 7) is 0.382. The number of urea groups is 2.